The molecule has 0 spiro atoms. The number of aliphatic hydroxyl groups excluding tert-OH is 1. The van der Waals surface area contributed by atoms with E-state index in [0.29, 0.717) is 11.1 Å². The number of hydrogen-bond acceptors (Lipinski definition) is 5. The summed E-state index contributed by atoms with van der Waals surface area (Å²) in [7, 11) is 0. The number of urea groups is 1. The average molecular weight is 652 g/mol. The Kier molecular flexibility index (Phi) is 5.49. The highest BCUT2D eigenvalue weighted by Crippen LogP contribution is 2.22. The van der Waals surface area contributed by atoms with Crippen LogP contribution in [0.4, 0.5) is 4.79 Å². The van der Waals surface area contributed by atoms with Crippen LogP contribution in [0.3, 0.4) is 0 Å². The summed E-state index contributed by atoms with van der Waals surface area (Å²) in [6.45, 7) is -7.19. The highest BCUT2D eigenvalue weighted by Gasteiger charge is 2.35. The number of hydrogen-bond donors (Lipinski definition) is 4. The Balaban J connectivity index is 2.07. The lowest BCUT2D eigenvalue weighted by molar-refractivity contribution is -0.128. The Labute approximate surface area is 305 Å². The van der Waals surface area contributed by atoms with Crippen LogP contribution in [0.2, 0.25) is 0 Å². The highest BCUT2D eigenvalue weighted by atomic mass is 16.5. The molecular formula is C37H48N4O5. The normalized spacial score (nSPS) is 25.8. The maximum Gasteiger partial charge on any atom is 0.318 e. The molecule has 9 nitrogen and oxygen atoms in total. The second kappa shape index (κ2) is 16.8. The Morgan fingerprint density at radius 2 is 1.67 bits per heavy atom. The maximum atomic E-state index is 14.9. The third-order valence-electron chi connectivity index (χ3n) is 6.51. The summed E-state index contributed by atoms with van der Waals surface area (Å²) >= 11 is 0. The van der Waals surface area contributed by atoms with Crippen LogP contribution in [-0.2, 0) is 22.3 Å². The van der Waals surface area contributed by atoms with Crippen LogP contribution in [0.5, 0.6) is 5.75 Å². The van der Waals surface area contributed by atoms with Crippen molar-refractivity contribution in [3.63, 3.8) is 0 Å². The molecule has 1 fully saturated rings. The van der Waals surface area contributed by atoms with Crippen LogP contribution in [-0.4, -0.2) is 71.7 Å². The van der Waals surface area contributed by atoms with E-state index in [0.717, 1.165) is 0 Å². The lowest BCUT2D eigenvalue weighted by Crippen LogP contribution is -2.59. The molecule has 0 bridgehead atoms. The molecule has 0 radical (unpaired) electrons. The fraction of sp³-hybridized carbons (Fsp3) is 0.432. The minimum atomic E-state index is -4.35. The van der Waals surface area contributed by atoms with Crippen molar-refractivity contribution in [2.45, 2.75) is 77.3 Å². The van der Waals surface area contributed by atoms with Gasteiger partial charge in [-0.3, -0.25) is 9.59 Å². The zero-order valence-corrected chi connectivity index (χ0v) is 24.9. The van der Waals surface area contributed by atoms with Gasteiger partial charge >= 0.3 is 6.03 Å². The molecule has 1 aliphatic heterocycles. The second-order valence-electron chi connectivity index (χ2n) is 9.98. The number of nitrogens with one attached hydrogen (secondary N) is 3. The van der Waals surface area contributed by atoms with Crippen molar-refractivity contribution in [3.8, 4) is 5.75 Å². The third-order valence-corrected chi connectivity index (χ3v) is 6.51. The molecule has 1 heterocycles. The van der Waals surface area contributed by atoms with Crippen molar-refractivity contribution in [3.05, 3.63) is 101 Å². The predicted molar refractivity (Wildman–Crippen MR) is 180 cm³/mol. The van der Waals surface area contributed by atoms with Crippen molar-refractivity contribution in [1.82, 2.24) is 20.9 Å². The van der Waals surface area contributed by atoms with Crippen LogP contribution < -0.4 is 20.7 Å². The first-order valence-electron chi connectivity index (χ1n) is 25.5. The topological polar surface area (TPSA) is 120 Å². The van der Waals surface area contributed by atoms with Crippen LogP contribution in [0.25, 0.3) is 0 Å². The summed E-state index contributed by atoms with van der Waals surface area (Å²) in [6, 6.07) is -19.5. The van der Waals surface area contributed by atoms with E-state index in [4.69, 9.17) is 28.0 Å². The van der Waals surface area contributed by atoms with E-state index in [9.17, 15) is 27.7 Å². The molecule has 0 saturated carbocycles. The van der Waals surface area contributed by atoms with Gasteiger partial charge in [0.2, 0.25) is 5.91 Å². The molecule has 0 aromatic heterocycles. The van der Waals surface area contributed by atoms with Crippen molar-refractivity contribution in [2.24, 2.45) is 5.89 Å². The number of carbonyl (C=O) groups excluding carboxylic acids is 3. The number of para-hydroxylation sites is 1. The van der Waals surface area contributed by atoms with Gasteiger partial charge in [0.1, 0.15) is 11.8 Å². The molecule has 9 heteroatoms. The molecule has 4 atom stereocenters. The van der Waals surface area contributed by atoms with Crippen LogP contribution in [0, 0.1) is 19.7 Å². The van der Waals surface area contributed by atoms with E-state index < -0.39 is 165 Å². The van der Waals surface area contributed by atoms with Gasteiger partial charge in [0.25, 0.3) is 5.91 Å². The molecule has 246 valence electrons. The lowest BCUT2D eigenvalue weighted by atomic mass is 9.92. The lowest BCUT2D eigenvalue weighted by Gasteiger charge is -2.37. The minimum Gasteiger partial charge on any atom is -0.483 e. The monoisotopic (exact) mass is 652 g/mol. The van der Waals surface area contributed by atoms with Gasteiger partial charge in [0, 0.05) is 34.2 Å². The molecule has 3 aromatic rings. The largest absolute Gasteiger partial charge is 0.483 e. The Bertz CT molecular complexity index is 2430. The van der Waals surface area contributed by atoms with Gasteiger partial charge in [-0.25, -0.2) is 4.79 Å². The SMILES string of the molecule is [2H]c1c([2H])c([2H])c(C([2H])([2H])[C@@H](C[C@H](O)[C@@]([2H])(NC(=O)COc2c(C)cccc2C)C([2H])([2H])c2c([2H])c([2H])c([2H])c([2H])c2[2H])NC(=O)[C@@]([2H])(N2CCCNC2=O)C([2H])(C([2H])([2H])[2H])C([2H])([2H])[2H])c([2H])c1[2H]. The summed E-state index contributed by atoms with van der Waals surface area (Å²) in [6.07, 6.45) is -12.7. The molecular weight excluding hydrogens is 580 g/mol. The van der Waals surface area contributed by atoms with E-state index in [1.54, 1.807) is 37.4 Å². The average Bonchev–Trinajstić information content (AvgIpc) is 3.24. The second-order valence-corrected chi connectivity index (χ2v) is 9.98. The van der Waals surface area contributed by atoms with E-state index in [-0.39, 0.29) is 23.6 Å². The van der Waals surface area contributed by atoms with E-state index in [1.807, 2.05) is 5.32 Å². The highest BCUT2D eigenvalue weighted by molar-refractivity contribution is 5.87. The Hall–Kier alpha value is -4.37. The van der Waals surface area contributed by atoms with Gasteiger partial charge in [-0.1, -0.05) is 92.3 Å². The zero-order chi connectivity index (χ0) is 53.1. The van der Waals surface area contributed by atoms with Gasteiger partial charge in [0.15, 0.2) is 6.61 Å². The van der Waals surface area contributed by atoms with Gasteiger partial charge in [-0.15, -0.1) is 0 Å². The number of carbonyl (C=O) groups is 3. The van der Waals surface area contributed by atoms with Gasteiger partial charge in [0.05, 0.1) is 28.6 Å². The fourth-order valence-electron chi connectivity index (χ4n) is 4.43. The van der Waals surface area contributed by atoms with Gasteiger partial charge < -0.3 is 30.7 Å². The number of ether oxygens (including phenoxy) is 1. The first-order chi connectivity index (χ1) is 31.3. The summed E-state index contributed by atoms with van der Waals surface area (Å²) < 4.78 is 203. The molecule has 1 saturated heterocycles. The summed E-state index contributed by atoms with van der Waals surface area (Å²) in [5, 5.41) is 18.1. The van der Waals surface area contributed by atoms with Crippen molar-refractivity contribution in [1.29, 1.82) is 0 Å². The summed E-state index contributed by atoms with van der Waals surface area (Å²) in [5.41, 5.74) is -1.71. The molecule has 1 aliphatic rings. The molecule has 0 unspecified atom stereocenters. The number of aliphatic hydroxyl groups is 1. The molecule has 4 N–H and O–H groups in total. The van der Waals surface area contributed by atoms with Crippen LogP contribution >= 0.6 is 0 Å². The van der Waals surface area contributed by atoms with E-state index in [2.05, 4.69) is 5.32 Å². The number of nitrogens with zero attached hydrogens (tertiary/aromatic N) is 1. The van der Waals surface area contributed by atoms with Crippen molar-refractivity contribution >= 4 is 17.8 Å². The maximum absolute atomic E-state index is 14.9. The van der Waals surface area contributed by atoms with E-state index >= 15 is 0 Å². The Morgan fingerprint density at radius 3 is 2.28 bits per heavy atom. The first-order valence-corrected chi connectivity index (χ1v) is 14.0. The summed E-state index contributed by atoms with van der Waals surface area (Å²) in [4.78, 5) is 42.1. The van der Waals surface area contributed by atoms with Crippen LogP contribution in [0.15, 0.2) is 78.6 Å². The van der Waals surface area contributed by atoms with Crippen LogP contribution in [0.1, 0.15) is 80.3 Å². The number of benzene rings is 3. The molecule has 4 amide bonds. The standard InChI is InChI=1S/C37H48N4O5/c1-25(2)34(41-20-12-19-38-37(41)45)36(44)39-30(21-28-15-7-5-8-16-28)23-32(42)31(22-29-17-9-6-10-18-29)40-33(43)24-46-35-26(3)13-11-14-27(35)4/h5-11,13-18,25,30-32,34,42H,12,19-24H2,1-4H3,(H,38,45)(H,39,44)(H,40,43)/t30-,31-,32-,34-/m0/s1/i1D3,2D3,5D,6D,7D,8D,9D,10D,15D,16D,17D,18D,21D2,22D2,25D,31D,34D. The number of aryl methyl sites for hydroxylation is 2. The smallest absolute Gasteiger partial charge is 0.318 e. The predicted octanol–water partition coefficient (Wildman–Crippen LogP) is 4.33. The summed E-state index contributed by atoms with van der Waals surface area (Å²) in [5.74, 6) is -7.97. The molecule has 0 aliphatic carbocycles. The van der Waals surface area contributed by atoms with Gasteiger partial charge in [-0.2, -0.15) is 0 Å². The van der Waals surface area contributed by atoms with Gasteiger partial charge in [-0.05, 0) is 67.6 Å². The zero-order valence-electron chi connectivity index (χ0n) is 47.9. The Morgan fingerprint density at radius 1 is 1.04 bits per heavy atom. The molecule has 3 aromatic carbocycles. The van der Waals surface area contributed by atoms with Crippen molar-refractivity contribution < 1.29 is 55.8 Å². The fourth-order valence-corrected chi connectivity index (χ4v) is 4.43. The minimum absolute atomic E-state index is 0.0629. The first kappa shape index (κ1) is 15.0. The third kappa shape index (κ3) is 9.81. The number of amides is 4. The quantitative estimate of drug-likeness (QED) is 0.195. The van der Waals surface area contributed by atoms with E-state index in [1.165, 1.54) is 0 Å². The molecule has 46 heavy (non-hydrogen) atoms. The molecule has 4 rings (SSSR count). The van der Waals surface area contributed by atoms with Crippen molar-refractivity contribution in [2.75, 3.05) is 19.7 Å². The number of rotatable bonds is 15.